The van der Waals surface area contributed by atoms with Crippen molar-refractivity contribution >= 4 is 34.7 Å². The molecule has 3 aromatic carbocycles. The maximum Gasteiger partial charge on any atom is 0.323 e. The zero-order valence-corrected chi connectivity index (χ0v) is 19.4. The minimum atomic E-state index is -0.517. The first-order chi connectivity index (χ1) is 16.9. The second kappa shape index (κ2) is 10.7. The van der Waals surface area contributed by atoms with Gasteiger partial charge in [0.2, 0.25) is 0 Å². The number of amides is 3. The van der Waals surface area contributed by atoms with E-state index in [1.165, 1.54) is 24.3 Å². The largest absolute Gasteiger partial charge is 0.371 e. The molecule has 1 atom stereocenters. The van der Waals surface area contributed by atoms with Crippen molar-refractivity contribution in [3.8, 4) is 0 Å². The Morgan fingerprint density at radius 3 is 2.20 bits per heavy atom. The molecule has 1 heterocycles. The lowest BCUT2D eigenvalue weighted by molar-refractivity contribution is -0.384. The van der Waals surface area contributed by atoms with Crippen molar-refractivity contribution in [3.05, 3.63) is 94.0 Å². The Morgan fingerprint density at radius 2 is 1.54 bits per heavy atom. The van der Waals surface area contributed by atoms with Crippen molar-refractivity contribution in [2.24, 2.45) is 0 Å². The summed E-state index contributed by atoms with van der Waals surface area (Å²) in [5, 5.41) is 19.3. The third-order valence-corrected chi connectivity index (χ3v) is 5.93. The highest BCUT2D eigenvalue weighted by Gasteiger charge is 2.22. The van der Waals surface area contributed by atoms with Crippen molar-refractivity contribution in [2.75, 3.05) is 28.6 Å². The van der Waals surface area contributed by atoms with E-state index in [2.05, 4.69) is 20.9 Å². The average molecular weight is 474 g/mol. The molecule has 4 rings (SSSR count). The third-order valence-electron chi connectivity index (χ3n) is 5.93. The van der Waals surface area contributed by atoms with Gasteiger partial charge >= 0.3 is 6.03 Å². The number of carbonyl (C=O) groups is 2. The molecule has 0 radical (unpaired) electrons. The molecule has 1 fully saturated rings. The van der Waals surface area contributed by atoms with E-state index >= 15 is 0 Å². The van der Waals surface area contributed by atoms with Crippen LogP contribution in [0.1, 0.15) is 41.7 Å². The zero-order chi connectivity index (χ0) is 24.8. The number of nitro groups is 1. The van der Waals surface area contributed by atoms with Crippen molar-refractivity contribution in [2.45, 2.75) is 25.8 Å². The third kappa shape index (κ3) is 5.94. The lowest BCUT2D eigenvalue weighted by Gasteiger charge is -2.23. The summed E-state index contributed by atoms with van der Waals surface area (Å²) in [6.45, 7) is 3.69. The van der Waals surface area contributed by atoms with E-state index < -0.39 is 11.0 Å². The van der Waals surface area contributed by atoms with E-state index in [0.29, 0.717) is 16.9 Å². The minimum absolute atomic E-state index is 0.0613. The fourth-order valence-corrected chi connectivity index (χ4v) is 4.09. The van der Waals surface area contributed by atoms with Gasteiger partial charge in [-0.25, -0.2) is 4.79 Å². The highest BCUT2D eigenvalue weighted by molar-refractivity contribution is 6.04. The molecule has 1 aliphatic rings. The zero-order valence-electron chi connectivity index (χ0n) is 19.4. The SMILES string of the molecule is CC(NC(=O)c1cc(NC(=O)Nc2ccc([N+](=O)[O-])cc2)ccc1N1CCCC1)c1ccccc1. The minimum Gasteiger partial charge on any atom is -0.371 e. The molecule has 180 valence electrons. The number of carbonyl (C=O) groups excluding carboxylic acids is 2. The average Bonchev–Trinajstić information content (AvgIpc) is 3.39. The summed E-state index contributed by atoms with van der Waals surface area (Å²) >= 11 is 0. The summed E-state index contributed by atoms with van der Waals surface area (Å²) in [4.78, 5) is 38.3. The van der Waals surface area contributed by atoms with Gasteiger partial charge in [-0.15, -0.1) is 0 Å². The second-order valence-electron chi connectivity index (χ2n) is 8.42. The van der Waals surface area contributed by atoms with Crippen LogP contribution in [-0.4, -0.2) is 30.0 Å². The fourth-order valence-electron chi connectivity index (χ4n) is 4.09. The number of nitrogens with one attached hydrogen (secondary N) is 3. The number of benzene rings is 3. The quantitative estimate of drug-likeness (QED) is 0.317. The Kier molecular flexibility index (Phi) is 7.25. The Bertz CT molecular complexity index is 1210. The number of rotatable bonds is 7. The number of non-ortho nitro benzene ring substituents is 1. The van der Waals surface area contributed by atoms with E-state index in [1.54, 1.807) is 12.1 Å². The van der Waals surface area contributed by atoms with Gasteiger partial charge in [0.15, 0.2) is 0 Å². The van der Waals surface area contributed by atoms with Crippen LogP contribution in [0.4, 0.5) is 27.5 Å². The highest BCUT2D eigenvalue weighted by Crippen LogP contribution is 2.28. The maximum atomic E-state index is 13.3. The van der Waals surface area contributed by atoms with E-state index in [-0.39, 0.29) is 17.6 Å². The molecule has 9 nitrogen and oxygen atoms in total. The number of urea groups is 1. The smallest absolute Gasteiger partial charge is 0.323 e. The number of nitro benzene ring substituents is 1. The molecule has 0 saturated carbocycles. The van der Waals surface area contributed by atoms with Gasteiger partial charge in [-0.05, 0) is 55.7 Å². The van der Waals surface area contributed by atoms with Crippen LogP contribution in [0.2, 0.25) is 0 Å². The summed E-state index contributed by atoms with van der Waals surface area (Å²) in [7, 11) is 0. The molecular formula is C26H27N5O4. The van der Waals surface area contributed by atoms with E-state index in [1.807, 2.05) is 43.3 Å². The van der Waals surface area contributed by atoms with Gasteiger partial charge in [0.25, 0.3) is 11.6 Å². The predicted octanol–water partition coefficient (Wildman–Crippen LogP) is 5.33. The Balaban J connectivity index is 1.51. The van der Waals surface area contributed by atoms with Crippen molar-refractivity contribution in [3.63, 3.8) is 0 Å². The predicted molar refractivity (Wildman–Crippen MR) is 136 cm³/mol. The molecule has 1 aliphatic heterocycles. The van der Waals surface area contributed by atoms with Gasteiger partial charge in [0.1, 0.15) is 0 Å². The van der Waals surface area contributed by atoms with Crippen molar-refractivity contribution in [1.29, 1.82) is 0 Å². The summed E-state index contributed by atoms with van der Waals surface area (Å²) in [5.74, 6) is -0.220. The van der Waals surface area contributed by atoms with E-state index in [4.69, 9.17) is 0 Å². The topological polar surface area (TPSA) is 117 Å². The lowest BCUT2D eigenvalue weighted by atomic mass is 10.1. The van der Waals surface area contributed by atoms with Gasteiger partial charge < -0.3 is 20.9 Å². The van der Waals surface area contributed by atoms with Crippen LogP contribution in [0.3, 0.4) is 0 Å². The van der Waals surface area contributed by atoms with E-state index in [9.17, 15) is 19.7 Å². The molecule has 1 unspecified atom stereocenters. The standard InChI is InChI=1S/C26H27N5O4/c1-18(19-7-3-2-4-8-19)27-25(32)23-17-21(11-14-24(23)30-15-5-6-16-30)29-26(33)28-20-9-12-22(13-10-20)31(34)35/h2-4,7-14,17-18H,5-6,15-16H2,1H3,(H,27,32)(H2,28,29,33). The number of hydrogen-bond donors (Lipinski definition) is 3. The van der Waals surface area contributed by atoms with Crippen LogP contribution in [-0.2, 0) is 0 Å². The Hall–Kier alpha value is -4.40. The van der Waals surface area contributed by atoms with Gasteiger partial charge in [-0.1, -0.05) is 30.3 Å². The molecule has 3 aromatic rings. The van der Waals surface area contributed by atoms with E-state index in [0.717, 1.165) is 37.2 Å². The molecule has 9 heteroatoms. The first-order valence-electron chi connectivity index (χ1n) is 11.5. The fraction of sp³-hybridized carbons (Fsp3) is 0.231. The molecule has 3 amide bonds. The van der Waals surface area contributed by atoms with Gasteiger partial charge in [0.05, 0.1) is 16.5 Å². The van der Waals surface area contributed by atoms with Crippen LogP contribution in [0.5, 0.6) is 0 Å². The summed E-state index contributed by atoms with van der Waals surface area (Å²) in [5.41, 5.74) is 3.14. The maximum absolute atomic E-state index is 13.3. The molecule has 1 saturated heterocycles. The first kappa shape index (κ1) is 23.7. The summed E-state index contributed by atoms with van der Waals surface area (Å²) in [6, 6.07) is 19.9. The van der Waals surface area contributed by atoms with Gasteiger partial charge in [-0.3, -0.25) is 14.9 Å². The molecule has 35 heavy (non-hydrogen) atoms. The highest BCUT2D eigenvalue weighted by atomic mass is 16.6. The van der Waals surface area contributed by atoms with Crippen LogP contribution in [0.15, 0.2) is 72.8 Å². The Morgan fingerprint density at radius 1 is 0.914 bits per heavy atom. The van der Waals surface area contributed by atoms with Crippen LogP contribution >= 0.6 is 0 Å². The van der Waals surface area contributed by atoms with Crippen molar-refractivity contribution < 1.29 is 14.5 Å². The molecule has 0 aromatic heterocycles. The van der Waals surface area contributed by atoms with Crippen LogP contribution < -0.4 is 20.9 Å². The van der Waals surface area contributed by atoms with Gasteiger partial charge in [-0.2, -0.15) is 0 Å². The molecule has 0 aliphatic carbocycles. The molecule has 3 N–H and O–H groups in total. The number of anilines is 3. The number of hydrogen-bond acceptors (Lipinski definition) is 5. The second-order valence-corrected chi connectivity index (χ2v) is 8.42. The monoisotopic (exact) mass is 473 g/mol. The van der Waals surface area contributed by atoms with Crippen LogP contribution in [0, 0.1) is 10.1 Å². The van der Waals surface area contributed by atoms with Gasteiger partial charge in [0, 0.05) is 42.3 Å². The summed E-state index contributed by atoms with van der Waals surface area (Å²) in [6.07, 6.45) is 2.14. The van der Waals surface area contributed by atoms with Crippen molar-refractivity contribution in [1.82, 2.24) is 5.32 Å². The molecule has 0 bridgehead atoms. The normalized spacial score (nSPS) is 13.7. The lowest BCUT2D eigenvalue weighted by Crippen LogP contribution is -2.30. The molecular weight excluding hydrogens is 446 g/mol. The first-order valence-corrected chi connectivity index (χ1v) is 11.5. The van der Waals surface area contributed by atoms with Crippen LogP contribution in [0.25, 0.3) is 0 Å². The molecule has 0 spiro atoms. The summed E-state index contributed by atoms with van der Waals surface area (Å²) < 4.78 is 0. The number of nitrogens with zero attached hydrogens (tertiary/aromatic N) is 2. The Labute approximate surface area is 203 Å².